The maximum atomic E-state index is 9.39. The molecule has 0 bridgehead atoms. The Morgan fingerprint density at radius 3 is 2.65 bits per heavy atom. The zero-order valence-corrected chi connectivity index (χ0v) is 11.0. The van der Waals surface area contributed by atoms with Crippen molar-refractivity contribution in [3.8, 4) is 5.75 Å². The Morgan fingerprint density at radius 2 is 2.06 bits per heavy atom. The Bertz CT molecular complexity index is 339. The van der Waals surface area contributed by atoms with Crippen molar-refractivity contribution in [2.24, 2.45) is 0 Å². The largest absolute Gasteiger partial charge is 0.490 e. The molecule has 0 amide bonds. The first-order valence-electron chi connectivity index (χ1n) is 5.83. The average Bonchev–Trinajstić information content (AvgIpc) is 2.30. The fourth-order valence-corrected chi connectivity index (χ4v) is 1.59. The van der Waals surface area contributed by atoms with Crippen LogP contribution in [-0.2, 0) is 4.74 Å². The van der Waals surface area contributed by atoms with Gasteiger partial charge in [0.2, 0.25) is 0 Å². The van der Waals surface area contributed by atoms with Crippen molar-refractivity contribution >= 4 is 11.6 Å². The SMILES string of the molecule is CCCOCCOc1ccc([C@@H](C)O)cc1Cl. The van der Waals surface area contributed by atoms with E-state index in [1.807, 2.05) is 0 Å². The molecule has 0 aliphatic carbocycles. The molecule has 0 spiro atoms. The van der Waals surface area contributed by atoms with E-state index in [9.17, 15) is 5.11 Å². The van der Waals surface area contributed by atoms with E-state index in [1.54, 1.807) is 25.1 Å². The van der Waals surface area contributed by atoms with Gasteiger partial charge in [-0.2, -0.15) is 0 Å². The molecule has 3 nitrogen and oxygen atoms in total. The third-order valence-electron chi connectivity index (χ3n) is 2.27. The van der Waals surface area contributed by atoms with Gasteiger partial charge in [-0.3, -0.25) is 0 Å². The maximum Gasteiger partial charge on any atom is 0.138 e. The van der Waals surface area contributed by atoms with Crippen LogP contribution in [0, 0.1) is 0 Å². The Kier molecular flexibility index (Phi) is 6.34. The summed E-state index contributed by atoms with van der Waals surface area (Å²) in [4.78, 5) is 0. The highest BCUT2D eigenvalue weighted by atomic mass is 35.5. The Labute approximate surface area is 107 Å². The Hall–Kier alpha value is -0.770. The van der Waals surface area contributed by atoms with E-state index in [2.05, 4.69) is 6.92 Å². The van der Waals surface area contributed by atoms with Gasteiger partial charge >= 0.3 is 0 Å². The number of halogens is 1. The highest BCUT2D eigenvalue weighted by molar-refractivity contribution is 6.32. The van der Waals surface area contributed by atoms with E-state index < -0.39 is 6.10 Å². The lowest BCUT2D eigenvalue weighted by molar-refractivity contribution is 0.101. The van der Waals surface area contributed by atoms with Crippen molar-refractivity contribution in [3.05, 3.63) is 28.8 Å². The standard InChI is InChI=1S/C13H19ClO3/c1-3-6-16-7-8-17-13-5-4-11(10(2)15)9-12(13)14/h4-5,9-10,15H,3,6-8H2,1-2H3/t10-/m1/s1. The first-order valence-corrected chi connectivity index (χ1v) is 6.21. The third kappa shape index (κ3) is 4.94. The van der Waals surface area contributed by atoms with Gasteiger partial charge in [0.05, 0.1) is 17.7 Å². The van der Waals surface area contributed by atoms with Gasteiger partial charge in [0, 0.05) is 6.61 Å². The predicted octanol–water partition coefficient (Wildman–Crippen LogP) is 3.20. The normalized spacial score (nSPS) is 12.5. The second kappa shape index (κ2) is 7.54. The van der Waals surface area contributed by atoms with Gasteiger partial charge in [-0.1, -0.05) is 24.6 Å². The van der Waals surface area contributed by atoms with Gasteiger partial charge < -0.3 is 14.6 Å². The van der Waals surface area contributed by atoms with Crippen LogP contribution in [0.1, 0.15) is 31.9 Å². The number of aliphatic hydroxyl groups excluding tert-OH is 1. The van der Waals surface area contributed by atoms with Crippen molar-refractivity contribution in [2.75, 3.05) is 19.8 Å². The van der Waals surface area contributed by atoms with Gasteiger partial charge in [-0.15, -0.1) is 0 Å². The van der Waals surface area contributed by atoms with Crippen LogP contribution in [0.4, 0.5) is 0 Å². The fraction of sp³-hybridized carbons (Fsp3) is 0.538. The van der Waals surface area contributed by atoms with Crippen LogP contribution in [0.3, 0.4) is 0 Å². The summed E-state index contributed by atoms with van der Waals surface area (Å²) >= 11 is 6.04. The van der Waals surface area contributed by atoms with E-state index in [0.717, 1.165) is 18.6 Å². The molecule has 0 aliphatic heterocycles. The molecule has 0 fully saturated rings. The summed E-state index contributed by atoms with van der Waals surface area (Å²) in [7, 11) is 0. The fourth-order valence-electron chi connectivity index (χ4n) is 1.35. The Morgan fingerprint density at radius 1 is 1.29 bits per heavy atom. The number of rotatable bonds is 7. The van der Waals surface area contributed by atoms with Crippen LogP contribution in [0.5, 0.6) is 5.75 Å². The smallest absolute Gasteiger partial charge is 0.138 e. The topological polar surface area (TPSA) is 38.7 Å². The van der Waals surface area contributed by atoms with Crippen LogP contribution < -0.4 is 4.74 Å². The molecule has 0 aromatic heterocycles. The molecule has 0 saturated carbocycles. The van der Waals surface area contributed by atoms with Gasteiger partial charge in [-0.05, 0) is 31.0 Å². The van der Waals surface area contributed by atoms with E-state index in [0.29, 0.717) is 24.0 Å². The molecule has 0 heterocycles. The molecule has 4 heteroatoms. The summed E-state index contributed by atoms with van der Waals surface area (Å²) in [6.45, 7) is 5.55. The van der Waals surface area contributed by atoms with Crippen molar-refractivity contribution in [3.63, 3.8) is 0 Å². The maximum absolute atomic E-state index is 9.39. The van der Waals surface area contributed by atoms with Gasteiger partial charge in [0.25, 0.3) is 0 Å². The van der Waals surface area contributed by atoms with E-state index in [1.165, 1.54) is 0 Å². The summed E-state index contributed by atoms with van der Waals surface area (Å²) in [5.41, 5.74) is 0.782. The van der Waals surface area contributed by atoms with Crippen molar-refractivity contribution in [1.29, 1.82) is 0 Å². The summed E-state index contributed by atoms with van der Waals surface area (Å²) in [5, 5.41) is 9.91. The third-order valence-corrected chi connectivity index (χ3v) is 2.57. The lowest BCUT2D eigenvalue weighted by Gasteiger charge is -2.10. The minimum Gasteiger partial charge on any atom is -0.490 e. The lowest BCUT2D eigenvalue weighted by Crippen LogP contribution is -2.07. The minimum absolute atomic E-state index is 0.480. The first-order chi connectivity index (χ1) is 8.15. The van der Waals surface area contributed by atoms with E-state index >= 15 is 0 Å². The summed E-state index contributed by atoms with van der Waals surface area (Å²) < 4.78 is 10.8. The van der Waals surface area contributed by atoms with Gasteiger partial charge in [0.15, 0.2) is 0 Å². The van der Waals surface area contributed by atoms with Crippen LogP contribution in [0.15, 0.2) is 18.2 Å². The number of hydrogen-bond acceptors (Lipinski definition) is 3. The molecule has 0 saturated heterocycles. The molecule has 0 radical (unpaired) electrons. The molecule has 1 rings (SSSR count). The molecule has 96 valence electrons. The zero-order chi connectivity index (χ0) is 12.7. The van der Waals surface area contributed by atoms with Crippen LogP contribution in [-0.4, -0.2) is 24.9 Å². The van der Waals surface area contributed by atoms with Crippen LogP contribution in [0.25, 0.3) is 0 Å². The molecule has 1 aromatic carbocycles. The number of aliphatic hydroxyl groups is 1. The molecular weight excluding hydrogens is 240 g/mol. The van der Waals surface area contributed by atoms with Crippen molar-refractivity contribution in [1.82, 2.24) is 0 Å². The van der Waals surface area contributed by atoms with E-state index in [-0.39, 0.29) is 0 Å². The zero-order valence-electron chi connectivity index (χ0n) is 10.3. The highest BCUT2D eigenvalue weighted by Crippen LogP contribution is 2.27. The molecule has 1 aromatic rings. The number of ether oxygens (including phenoxy) is 2. The molecule has 1 N–H and O–H groups in total. The summed E-state index contributed by atoms with van der Waals surface area (Å²) in [5.74, 6) is 0.621. The Balaban J connectivity index is 2.43. The van der Waals surface area contributed by atoms with Crippen LogP contribution in [0.2, 0.25) is 5.02 Å². The average molecular weight is 259 g/mol. The molecule has 17 heavy (non-hydrogen) atoms. The summed E-state index contributed by atoms with van der Waals surface area (Å²) in [6, 6.07) is 5.29. The van der Waals surface area contributed by atoms with Gasteiger partial charge in [0.1, 0.15) is 12.4 Å². The predicted molar refractivity (Wildman–Crippen MR) is 68.7 cm³/mol. The minimum atomic E-state index is -0.519. The highest BCUT2D eigenvalue weighted by Gasteiger charge is 2.06. The molecule has 1 atom stereocenters. The molecule has 0 unspecified atom stereocenters. The van der Waals surface area contributed by atoms with Crippen molar-refractivity contribution < 1.29 is 14.6 Å². The van der Waals surface area contributed by atoms with E-state index in [4.69, 9.17) is 21.1 Å². The molecule has 0 aliphatic rings. The van der Waals surface area contributed by atoms with Crippen LogP contribution >= 0.6 is 11.6 Å². The first kappa shape index (κ1) is 14.3. The van der Waals surface area contributed by atoms with Gasteiger partial charge in [-0.25, -0.2) is 0 Å². The summed E-state index contributed by atoms with van der Waals surface area (Å²) in [6.07, 6.45) is 0.485. The number of benzene rings is 1. The van der Waals surface area contributed by atoms with Crippen molar-refractivity contribution in [2.45, 2.75) is 26.4 Å². The second-order valence-corrected chi connectivity index (χ2v) is 4.23. The number of hydrogen-bond donors (Lipinski definition) is 1. The molecular formula is C13H19ClO3. The lowest BCUT2D eigenvalue weighted by atomic mass is 10.1. The monoisotopic (exact) mass is 258 g/mol. The second-order valence-electron chi connectivity index (χ2n) is 3.83. The quantitative estimate of drug-likeness (QED) is 0.764.